The Balaban J connectivity index is 1.75. The van der Waals surface area contributed by atoms with Gasteiger partial charge in [-0.15, -0.1) is 0 Å². The zero-order valence-electron chi connectivity index (χ0n) is 12.4. The van der Waals surface area contributed by atoms with Gasteiger partial charge in [-0.05, 0) is 41.5 Å². The van der Waals surface area contributed by atoms with E-state index in [1.165, 1.54) is 0 Å². The quantitative estimate of drug-likeness (QED) is 0.735. The van der Waals surface area contributed by atoms with E-state index in [2.05, 4.69) is 0 Å². The molecule has 110 valence electrons. The molecule has 0 aliphatic rings. The smallest absolute Gasteiger partial charge is 0.250 e. The Kier molecular flexibility index (Phi) is 4.05. The van der Waals surface area contributed by atoms with E-state index in [1.807, 2.05) is 60.7 Å². The second-order valence-electron chi connectivity index (χ2n) is 5.11. The van der Waals surface area contributed by atoms with Gasteiger partial charge in [0.25, 0.3) is 5.56 Å². The molecule has 22 heavy (non-hydrogen) atoms. The summed E-state index contributed by atoms with van der Waals surface area (Å²) < 4.78 is 7.41. The zero-order chi connectivity index (χ0) is 15.4. The van der Waals surface area contributed by atoms with Gasteiger partial charge >= 0.3 is 0 Å². The Morgan fingerprint density at radius 3 is 2.32 bits per heavy atom. The van der Waals surface area contributed by atoms with Crippen LogP contribution in [-0.2, 0) is 13.7 Å². The van der Waals surface area contributed by atoms with Crippen molar-refractivity contribution in [3.05, 3.63) is 88.7 Å². The first-order valence-corrected chi connectivity index (χ1v) is 7.17. The summed E-state index contributed by atoms with van der Waals surface area (Å²) in [5, 5.41) is 0. The molecule has 0 amide bonds. The molecule has 0 saturated heterocycles. The van der Waals surface area contributed by atoms with Crippen LogP contribution in [0.1, 0.15) is 5.56 Å². The summed E-state index contributed by atoms with van der Waals surface area (Å²) in [6, 6.07) is 23.1. The monoisotopic (exact) mass is 291 g/mol. The molecule has 0 spiro atoms. The molecule has 0 unspecified atom stereocenters. The van der Waals surface area contributed by atoms with Crippen molar-refractivity contribution in [1.29, 1.82) is 0 Å². The van der Waals surface area contributed by atoms with Crippen LogP contribution < -0.4 is 10.3 Å². The van der Waals surface area contributed by atoms with Gasteiger partial charge in [0.2, 0.25) is 0 Å². The summed E-state index contributed by atoms with van der Waals surface area (Å²) >= 11 is 0. The molecule has 0 bridgehead atoms. The highest BCUT2D eigenvalue weighted by Crippen LogP contribution is 2.21. The van der Waals surface area contributed by atoms with Crippen LogP contribution in [0.5, 0.6) is 5.75 Å². The number of nitrogens with zero attached hydrogens (tertiary/aromatic N) is 1. The van der Waals surface area contributed by atoms with Crippen LogP contribution in [0.4, 0.5) is 0 Å². The first kappa shape index (κ1) is 14.1. The summed E-state index contributed by atoms with van der Waals surface area (Å²) in [5.41, 5.74) is 3.01. The normalized spacial score (nSPS) is 10.4. The fraction of sp³-hybridized carbons (Fsp3) is 0.105. The number of rotatable bonds is 4. The van der Waals surface area contributed by atoms with Crippen molar-refractivity contribution in [3.8, 4) is 17.0 Å². The molecule has 1 aromatic heterocycles. The Morgan fingerprint density at radius 2 is 1.59 bits per heavy atom. The van der Waals surface area contributed by atoms with E-state index < -0.39 is 0 Å². The Hall–Kier alpha value is -2.81. The minimum Gasteiger partial charge on any atom is -0.489 e. The molecule has 2 aromatic carbocycles. The molecule has 0 atom stereocenters. The van der Waals surface area contributed by atoms with Crippen molar-refractivity contribution in [2.24, 2.45) is 7.05 Å². The highest BCUT2D eigenvalue weighted by molar-refractivity contribution is 5.60. The number of hydrogen-bond acceptors (Lipinski definition) is 2. The van der Waals surface area contributed by atoms with Crippen molar-refractivity contribution >= 4 is 0 Å². The number of ether oxygens (including phenoxy) is 1. The Labute approximate surface area is 129 Å². The molecule has 0 N–H and O–H groups in total. The third-order valence-electron chi connectivity index (χ3n) is 3.58. The summed E-state index contributed by atoms with van der Waals surface area (Å²) in [4.78, 5) is 11.7. The van der Waals surface area contributed by atoms with Crippen molar-refractivity contribution in [3.63, 3.8) is 0 Å². The zero-order valence-corrected chi connectivity index (χ0v) is 12.4. The summed E-state index contributed by atoms with van der Waals surface area (Å²) in [7, 11) is 1.78. The molecule has 0 saturated carbocycles. The van der Waals surface area contributed by atoms with E-state index in [9.17, 15) is 4.79 Å². The van der Waals surface area contributed by atoms with Crippen molar-refractivity contribution in [2.45, 2.75) is 6.61 Å². The predicted molar refractivity (Wildman–Crippen MR) is 87.9 cm³/mol. The van der Waals surface area contributed by atoms with Gasteiger partial charge in [-0.1, -0.05) is 36.4 Å². The number of aromatic nitrogens is 1. The highest BCUT2D eigenvalue weighted by atomic mass is 16.5. The first-order valence-electron chi connectivity index (χ1n) is 7.17. The van der Waals surface area contributed by atoms with E-state index in [0.29, 0.717) is 6.61 Å². The largest absolute Gasteiger partial charge is 0.489 e. The molecule has 0 aliphatic carbocycles. The van der Waals surface area contributed by atoms with Crippen LogP contribution in [0.3, 0.4) is 0 Å². The highest BCUT2D eigenvalue weighted by Gasteiger charge is 2.03. The third-order valence-corrected chi connectivity index (χ3v) is 3.58. The number of hydrogen-bond donors (Lipinski definition) is 0. The lowest BCUT2D eigenvalue weighted by atomic mass is 10.1. The maximum absolute atomic E-state index is 11.7. The minimum absolute atomic E-state index is 0.0121. The molecule has 3 aromatic rings. The average molecular weight is 291 g/mol. The van der Waals surface area contributed by atoms with Crippen LogP contribution >= 0.6 is 0 Å². The molecule has 3 heteroatoms. The van der Waals surface area contributed by atoms with Gasteiger partial charge in [-0.2, -0.15) is 0 Å². The SMILES string of the molecule is Cn1c(-c2ccc(OCc3ccccc3)cc2)cccc1=O. The summed E-state index contributed by atoms with van der Waals surface area (Å²) in [6.07, 6.45) is 0. The molecule has 3 nitrogen and oxygen atoms in total. The Morgan fingerprint density at radius 1 is 0.864 bits per heavy atom. The van der Waals surface area contributed by atoms with Crippen LogP contribution in [0.15, 0.2) is 77.6 Å². The molecule has 0 radical (unpaired) electrons. The van der Waals surface area contributed by atoms with Gasteiger partial charge in [-0.25, -0.2) is 0 Å². The van der Waals surface area contributed by atoms with E-state index in [-0.39, 0.29) is 5.56 Å². The van der Waals surface area contributed by atoms with Crippen LogP contribution in [0.25, 0.3) is 11.3 Å². The van der Waals surface area contributed by atoms with Crippen molar-refractivity contribution < 1.29 is 4.74 Å². The lowest BCUT2D eigenvalue weighted by Gasteiger charge is -2.10. The van der Waals surface area contributed by atoms with Crippen LogP contribution in [-0.4, -0.2) is 4.57 Å². The number of benzene rings is 2. The minimum atomic E-state index is -0.0121. The maximum atomic E-state index is 11.7. The third kappa shape index (κ3) is 3.09. The molecular formula is C19H17NO2. The van der Waals surface area contributed by atoms with Crippen LogP contribution in [0.2, 0.25) is 0 Å². The maximum Gasteiger partial charge on any atom is 0.250 e. The van der Waals surface area contributed by atoms with Gasteiger partial charge < -0.3 is 9.30 Å². The fourth-order valence-corrected chi connectivity index (χ4v) is 2.32. The predicted octanol–water partition coefficient (Wildman–Crippen LogP) is 3.63. The van der Waals surface area contributed by atoms with Gasteiger partial charge in [0.1, 0.15) is 12.4 Å². The molecule has 0 aliphatic heterocycles. The van der Waals surface area contributed by atoms with Gasteiger partial charge in [0, 0.05) is 13.1 Å². The van der Waals surface area contributed by atoms with E-state index in [4.69, 9.17) is 4.74 Å². The standard InChI is InChI=1S/C19H17NO2/c1-20-18(8-5-9-19(20)21)16-10-12-17(13-11-16)22-14-15-6-3-2-4-7-15/h2-13H,14H2,1H3. The van der Waals surface area contributed by atoms with E-state index in [0.717, 1.165) is 22.6 Å². The Bertz CT molecular complexity index is 805. The lowest BCUT2D eigenvalue weighted by molar-refractivity contribution is 0.306. The van der Waals surface area contributed by atoms with Crippen molar-refractivity contribution in [1.82, 2.24) is 4.57 Å². The molecule has 0 fully saturated rings. The number of pyridine rings is 1. The second kappa shape index (κ2) is 6.31. The van der Waals surface area contributed by atoms with Gasteiger partial charge in [0.15, 0.2) is 0 Å². The molecule has 3 rings (SSSR count). The topological polar surface area (TPSA) is 31.2 Å². The van der Waals surface area contributed by atoms with Gasteiger partial charge in [0.05, 0.1) is 5.69 Å². The van der Waals surface area contributed by atoms with E-state index in [1.54, 1.807) is 23.7 Å². The first-order chi connectivity index (χ1) is 10.7. The van der Waals surface area contributed by atoms with Gasteiger partial charge in [-0.3, -0.25) is 4.79 Å². The average Bonchev–Trinajstić information content (AvgIpc) is 2.57. The summed E-state index contributed by atoms with van der Waals surface area (Å²) in [6.45, 7) is 0.546. The fourth-order valence-electron chi connectivity index (χ4n) is 2.32. The lowest BCUT2D eigenvalue weighted by Crippen LogP contribution is -2.16. The summed E-state index contributed by atoms with van der Waals surface area (Å²) in [5.74, 6) is 0.813. The van der Waals surface area contributed by atoms with E-state index >= 15 is 0 Å². The second-order valence-corrected chi connectivity index (χ2v) is 5.11. The van der Waals surface area contributed by atoms with Crippen molar-refractivity contribution in [2.75, 3.05) is 0 Å². The molecule has 1 heterocycles. The molecular weight excluding hydrogens is 274 g/mol. The van der Waals surface area contributed by atoms with Crippen LogP contribution in [0, 0.1) is 0 Å².